The zero-order valence-electron chi connectivity index (χ0n) is 14.0. The Kier molecular flexibility index (Phi) is 4.03. The van der Waals surface area contributed by atoms with Crippen molar-refractivity contribution in [2.75, 3.05) is 0 Å². The lowest BCUT2D eigenvalue weighted by molar-refractivity contribution is -0.121. The summed E-state index contributed by atoms with van der Waals surface area (Å²) in [6, 6.07) is 14.2. The highest BCUT2D eigenvalue weighted by Gasteiger charge is 2.74. The average molecular weight is 360 g/mol. The van der Waals surface area contributed by atoms with Gasteiger partial charge in [0.05, 0.1) is 5.41 Å². The predicted octanol–water partition coefficient (Wildman–Crippen LogP) is 3.03. The van der Waals surface area contributed by atoms with Gasteiger partial charge in [-0.05, 0) is 22.3 Å². The van der Waals surface area contributed by atoms with E-state index in [1.807, 2.05) is 12.1 Å². The minimum absolute atomic E-state index is 0.523. The number of halogens is 3. The van der Waals surface area contributed by atoms with Gasteiger partial charge in [0.25, 0.3) is 6.43 Å². The molecule has 4 atom stereocenters. The van der Waals surface area contributed by atoms with Crippen molar-refractivity contribution in [3.05, 3.63) is 70.8 Å². The van der Waals surface area contributed by atoms with Crippen molar-refractivity contribution in [2.45, 2.75) is 37.0 Å². The Morgan fingerprint density at radius 1 is 1.08 bits per heavy atom. The molecule has 0 bridgehead atoms. The molecule has 6 heteroatoms. The summed E-state index contributed by atoms with van der Waals surface area (Å²) in [7, 11) is 0. The number of hydrogen-bond acceptors (Lipinski definition) is 2. The first-order chi connectivity index (χ1) is 12.5. The highest BCUT2D eigenvalue weighted by molar-refractivity contribution is 5.93. The van der Waals surface area contributed by atoms with Gasteiger partial charge in [0.15, 0.2) is 6.17 Å². The first-order valence-corrected chi connectivity index (χ1v) is 8.58. The summed E-state index contributed by atoms with van der Waals surface area (Å²) in [5.41, 5.74) is 7.51. The third-order valence-corrected chi connectivity index (χ3v) is 5.73. The van der Waals surface area contributed by atoms with Crippen molar-refractivity contribution in [3.8, 4) is 0 Å². The van der Waals surface area contributed by atoms with Crippen LogP contribution < -0.4 is 11.1 Å². The first-order valence-electron chi connectivity index (χ1n) is 8.58. The van der Waals surface area contributed by atoms with Crippen molar-refractivity contribution in [1.29, 1.82) is 0 Å². The molecule has 0 radical (unpaired) electrons. The van der Waals surface area contributed by atoms with E-state index in [0.29, 0.717) is 24.2 Å². The van der Waals surface area contributed by atoms with Gasteiger partial charge in [-0.3, -0.25) is 4.79 Å². The van der Waals surface area contributed by atoms with Crippen LogP contribution in [0.15, 0.2) is 48.5 Å². The summed E-state index contributed by atoms with van der Waals surface area (Å²) in [6.07, 6.45) is -5.58. The van der Waals surface area contributed by atoms with E-state index in [-0.39, 0.29) is 0 Å². The van der Waals surface area contributed by atoms with E-state index >= 15 is 0 Å². The highest BCUT2D eigenvalue weighted by Crippen LogP contribution is 2.68. The average Bonchev–Trinajstić information content (AvgIpc) is 3.13. The lowest BCUT2D eigenvalue weighted by Gasteiger charge is -2.18. The number of rotatable bonds is 5. The zero-order chi connectivity index (χ0) is 18.5. The van der Waals surface area contributed by atoms with Crippen molar-refractivity contribution >= 4 is 5.91 Å². The van der Waals surface area contributed by atoms with Gasteiger partial charge in [-0.2, -0.15) is 0 Å². The zero-order valence-corrected chi connectivity index (χ0v) is 14.0. The van der Waals surface area contributed by atoms with Gasteiger partial charge in [-0.1, -0.05) is 48.5 Å². The number of nitrogens with one attached hydrogen (secondary N) is 1. The lowest BCUT2D eigenvalue weighted by Crippen LogP contribution is -2.34. The molecule has 0 saturated heterocycles. The largest absolute Gasteiger partial charge is 0.369 e. The quantitative estimate of drug-likeness (QED) is 0.861. The van der Waals surface area contributed by atoms with Gasteiger partial charge in [0, 0.05) is 24.9 Å². The maximum Gasteiger partial charge on any atom is 0.269 e. The number of carbonyl (C=O) groups is 1. The highest BCUT2D eigenvalue weighted by atomic mass is 19.3. The summed E-state index contributed by atoms with van der Waals surface area (Å²) in [6.45, 7) is 1.35. The van der Waals surface area contributed by atoms with Crippen LogP contribution in [0.25, 0.3) is 0 Å². The summed E-state index contributed by atoms with van der Waals surface area (Å²) >= 11 is 0. The SMILES string of the molecule is NC(=O)C1(c2ccc3c(c2)CNC3)C(c2ccccc2)C1C(F)C(F)F. The van der Waals surface area contributed by atoms with E-state index in [2.05, 4.69) is 5.32 Å². The summed E-state index contributed by atoms with van der Waals surface area (Å²) in [5, 5.41) is 3.20. The number of alkyl halides is 3. The Morgan fingerprint density at radius 3 is 2.42 bits per heavy atom. The second-order valence-electron chi connectivity index (χ2n) is 7.01. The molecule has 2 aromatic rings. The Bertz CT molecular complexity index is 842. The van der Waals surface area contributed by atoms with Crippen LogP contribution >= 0.6 is 0 Å². The fraction of sp³-hybridized carbons (Fsp3) is 0.350. The molecule has 2 aromatic carbocycles. The molecule has 1 aliphatic carbocycles. The van der Waals surface area contributed by atoms with Crippen molar-refractivity contribution < 1.29 is 18.0 Å². The molecule has 4 unspecified atom stereocenters. The summed E-state index contributed by atoms with van der Waals surface area (Å²) < 4.78 is 40.9. The van der Waals surface area contributed by atoms with Crippen LogP contribution in [0.1, 0.15) is 28.2 Å². The molecule has 1 amide bonds. The number of benzene rings is 2. The van der Waals surface area contributed by atoms with Crippen LogP contribution in [-0.4, -0.2) is 18.5 Å². The van der Waals surface area contributed by atoms with Gasteiger partial charge in [0.2, 0.25) is 5.91 Å². The second-order valence-corrected chi connectivity index (χ2v) is 7.01. The first kappa shape index (κ1) is 17.1. The maximum absolute atomic E-state index is 14.5. The van der Waals surface area contributed by atoms with Crippen LogP contribution in [0.4, 0.5) is 13.2 Å². The smallest absolute Gasteiger partial charge is 0.269 e. The molecule has 3 N–H and O–H groups in total. The lowest BCUT2D eigenvalue weighted by atomic mass is 9.87. The molecule has 3 nitrogen and oxygen atoms in total. The molecular formula is C20H19F3N2O. The van der Waals surface area contributed by atoms with Gasteiger partial charge >= 0.3 is 0 Å². The van der Waals surface area contributed by atoms with E-state index in [4.69, 9.17) is 5.73 Å². The molecule has 26 heavy (non-hydrogen) atoms. The molecular weight excluding hydrogens is 341 g/mol. The van der Waals surface area contributed by atoms with E-state index < -0.39 is 35.8 Å². The van der Waals surface area contributed by atoms with Gasteiger partial charge in [-0.25, -0.2) is 13.2 Å². The Hall–Kier alpha value is -2.34. The molecule has 2 aliphatic rings. The van der Waals surface area contributed by atoms with Crippen LogP contribution in [0.5, 0.6) is 0 Å². The van der Waals surface area contributed by atoms with Crippen LogP contribution in [0.3, 0.4) is 0 Å². The molecule has 1 saturated carbocycles. The number of nitrogens with two attached hydrogens (primary N) is 1. The summed E-state index contributed by atoms with van der Waals surface area (Å²) in [4.78, 5) is 12.5. The third kappa shape index (κ3) is 2.35. The number of primary amides is 1. The molecule has 4 rings (SSSR count). The van der Waals surface area contributed by atoms with E-state index in [0.717, 1.165) is 11.1 Å². The van der Waals surface area contributed by atoms with Crippen molar-refractivity contribution in [1.82, 2.24) is 5.32 Å². The van der Waals surface area contributed by atoms with Gasteiger partial charge < -0.3 is 11.1 Å². The van der Waals surface area contributed by atoms with Gasteiger partial charge in [0.1, 0.15) is 0 Å². The minimum Gasteiger partial charge on any atom is -0.369 e. The van der Waals surface area contributed by atoms with Crippen molar-refractivity contribution in [3.63, 3.8) is 0 Å². The molecule has 1 heterocycles. The van der Waals surface area contributed by atoms with E-state index in [1.54, 1.807) is 36.4 Å². The molecule has 1 aliphatic heterocycles. The standard InChI is InChI=1S/C20H19F3N2O/c21-17(18(22)23)16-15(11-4-2-1-3-5-11)20(16,19(24)26)14-7-6-12-9-25-10-13(12)8-14/h1-8,15-18,25H,9-10H2,(H2,24,26). The topological polar surface area (TPSA) is 55.1 Å². The number of amides is 1. The van der Waals surface area contributed by atoms with Crippen molar-refractivity contribution in [2.24, 2.45) is 11.7 Å². The fourth-order valence-corrected chi connectivity index (χ4v) is 4.52. The van der Waals surface area contributed by atoms with Crippen LogP contribution in [-0.2, 0) is 23.3 Å². The number of carbonyl (C=O) groups excluding carboxylic acids is 1. The number of hydrogen-bond donors (Lipinski definition) is 2. The third-order valence-electron chi connectivity index (χ3n) is 5.73. The van der Waals surface area contributed by atoms with Crippen LogP contribution in [0, 0.1) is 5.92 Å². The second kappa shape index (κ2) is 6.13. The maximum atomic E-state index is 14.5. The van der Waals surface area contributed by atoms with Crippen LogP contribution in [0.2, 0.25) is 0 Å². The normalized spacial score (nSPS) is 28.0. The van der Waals surface area contributed by atoms with Gasteiger partial charge in [-0.15, -0.1) is 0 Å². The molecule has 0 spiro atoms. The molecule has 1 fully saturated rings. The monoisotopic (exact) mass is 360 g/mol. The number of fused-ring (bicyclic) bond motifs is 1. The Balaban J connectivity index is 1.85. The molecule has 0 aromatic heterocycles. The Labute approximate surface area is 149 Å². The van der Waals surface area contributed by atoms with E-state index in [1.165, 1.54) is 0 Å². The minimum atomic E-state index is -3.16. The predicted molar refractivity (Wildman–Crippen MR) is 91.4 cm³/mol. The molecule has 136 valence electrons. The summed E-state index contributed by atoms with van der Waals surface area (Å²) in [5.74, 6) is -2.63. The van der Waals surface area contributed by atoms with E-state index in [9.17, 15) is 18.0 Å². The fourth-order valence-electron chi connectivity index (χ4n) is 4.52. The Morgan fingerprint density at radius 2 is 1.77 bits per heavy atom.